The van der Waals surface area contributed by atoms with Crippen molar-refractivity contribution in [1.29, 1.82) is 0 Å². The monoisotopic (exact) mass is 362 g/mol. The Morgan fingerprint density at radius 2 is 1.96 bits per heavy atom. The second kappa shape index (κ2) is 8.24. The minimum Gasteiger partial charge on any atom is -0.465 e. The molecule has 134 valence electrons. The summed E-state index contributed by atoms with van der Waals surface area (Å²) in [5.41, 5.74) is 0.169. The Kier molecular flexibility index (Phi) is 6.55. The number of rotatable bonds is 5. The van der Waals surface area contributed by atoms with Crippen LogP contribution >= 0.6 is 11.6 Å². The largest absolute Gasteiger partial charge is 0.465 e. The lowest BCUT2D eigenvalue weighted by atomic mass is 9.81. The molecule has 0 amide bonds. The van der Waals surface area contributed by atoms with Gasteiger partial charge in [-0.2, -0.15) is 13.2 Å². The van der Waals surface area contributed by atoms with Crippen molar-refractivity contribution in [3.05, 3.63) is 34.9 Å². The van der Waals surface area contributed by atoms with Crippen LogP contribution in [-0.2, 0) is 22.1 Å². The summed E-state index contributed by atoms with van der Waals surface area (Å²) >= 11 is 5.94. The fraction of sp³-hybridized carbons (Fsp3) is 0.611. The van der Waals surface area contributed by atoms with Crippen LogP contribution in [0.15, 0.2) is 18.2 Å². The Hall–Kier alpha value is -1.23. The first-order valence-electron chi connectivity index (χ1n) is 8.33. The van der Waals surface area contributed by atoms with E-state index >= 15 is 0 Å². The van der Waals surface area contributed by atoms with Crippen molar-refractivity contribution in [2.24, 2.45) is 0 Å². The third-order valence-corrected chi connectivity index (χ3v) is 4.76. The second-order valence-electron chi connectivity index (χ2n) is 6.18. The number of hydrogen-bond donors (Lipinski definition) is 0. The van der Waals surface area contributed by atoms with E-state index < -0.39 is 23.1 Å². The molecule has 0 aliphatic heterocycles. The van der Waals surface area contributed by atoms with Gasteiger partial charge in [0.15, 0.2) is 0 Å². The highest BCUT2D eigenvalue weighted by atomic mass is 35.5. The van der Waals surface area contributed by atoms with E-state index in [0.29, 0.717) is 11.1 Å². The first kappa shape index (κ1) is 19.1. The summed E-state index contributed by atoms with van der Waals surface area (Å²) in [6, 6.07) is 4.34. The van der Waals surface area contributed by atoms with Crippen molar-refractivity contribution in [2.45, 2.75) is 62.9 Å². The summed E-state index contributed by atoms with van der Waals surface area (Å²) in [6.07, 6.45) is 0.228. The van der Waals surface area contributed by atoms with Gasteiger partial charge in [-0.25, -0.2) is 0 Å². The molecule has 0 saturated heterocycles. The fourth-order valence-corrected chi connectivity index (χ4v) is 3.51. The minimum atomic E-state index is -4.41. The summed E-state index contributed by atoms with van der Waals surface area (Å²) < 4.78 is 45.2. The number of carbonyl (C=O) groups is 1. The van der Waals surface area contributed by atoms with Gasteiger partial charge in [-0.05, 0) is 49.3 Å². The van der Waals surface area contributed by atoms with Crippen LogP contribution in [0, 0.1) is 0 Å². The lowest BCUT2D eigenvalue weighted by Crippen LogP contribution is -2.21. The van der Waals surface area contributed by atoms with Gasteiger partial charge in [-0.15, -0.1) is 11.6 Å². The molecule has 0 bridgehead atoms. The SMILES string of the molecule is CCOC(=O)C(Cl)Cc1ccc(C2CCCCC2)c(C(F)(F)F)c1. The van der Waals surface area contributed by atoms with Crippen LogP contribution in [0.4, 0.5) is 13.2 Å². The maximum atomic E-state index is 13.5. The first-order valence-corrected chi connectivity index (χ1v) is 8.77. The summed E-state index contributed by atoms with van der Waals surface area (Å²) in [7, 11) is 0. The van der Waals surface area contributed by atoms with E-state index in [1.54, 1.807) is 19.1 Å². The van der Waals surface area contributed by atoms with Gasteiger partial charge in [-0.1, -0.05) is 31.4 Å². The number of esters is 1. The van der Waals surface area contributed by atoms with Crippen LogP contribution in [-0.4, -0.2) is 18.0 Å². The molecule has 1 fully saturated rings. The highest BCUT2D eigenvalue weighted by molar-refractivity contribution is 6.30. The molecule has 0 aromatic heterocycles. The second-order valence-corrected chi connectivity index (χ2v) is 6.70. The van der Waals surface area contributed by atoms with Crippen molar-refractivity contribution in [3.8, 4) is 0 Å². The quantitative estimate of drug-likeness (QED) is 0.513. The third kappa shape index (κ3) is 4.88. The lowest BCUT2D eigenvalue weighted by molar-refractivity contribution is -0.142. The van der Waals surface area contributed by atoms with Crippen LogP contribution in [0.5, 0.6) is 0 Å². The molecule has 1 unspecified atom stereocenters. The van der Waals surface area contributed by atoms with Gasteiger partial charge in [0, 0.05) is 0 Å². The number of carbonyl (C=O) groups excluding carboxylic acids is 1. The Morgan fingerprint density at radius 1 is 1.29 bits per heavy atom. The molecule has 1 aliphatic rings. The molecule has 0 spiro atoms. The molecule has 1 aliphatic carbocycles. The van der Waals surface area contributed by atoms with E-state index in [2.05, 4.69) is 0 Å². The van der Waals surface area contributed by atoms with Crippen molar-refractivity contribution < 1.29 is 22.7 Å². The van der Waals surface area contributed by atoms with Gasteiger partial charge in [0.05, 0.1) is 12.2 Å². The van der Waals surface area contributed by atoms with Crippen LogP contribution in [0.25, 0.3) is 0 Å². The normalized spacial score (nSPS) is 17.5. The number of hydrogen-bond acceptors (Lipinski definition) is 2. The van der Waals surface area contributed by atoms with Crippen molar-refractivity contribution in [3.63, 3.8) is 0 Å². The Morgan fingerprint density at radius 3 is 2.54 bits per heavy atom. The Labute approximate surface area is 145 Å². The Balaban J connectivity index is 2.24. The van der Waals surface area contributed by atoms with Crippen molar-refractivity contribution in [2.75, 3.05) is 6.61 Å². The standard InChI is InChI=1S/C18H22ClF3O2/c1-2-24-17(23)16(19)11-12-8-9-14(13-6-4-3-5-7-13)15(10-12)18(20,21)22/h8-10,13,16H,2-7,11H2,1H3. The van der Waals surface area contributed by atoms with E-state index in [0.717, 1.165) is 38.2 Å². The number of alkyl halides is 4. The molecule has 1 atom stereocenters. The molecule has 2 rings (SSSR count). The van der Waals surface area contributed by atoms with E-state index in [1.165, 1.54) is 0 Å². The number of ether oxygens (including phenoxy) is 1. The maximum absolute atomic E-state index is 13.5. The minimum absolute atomic E-state index is 0.0222. The molecule has 6 heteroatoms. The molecule has 24 heavy (non-hydrogen) atoms. The van der Waals surface area contributed by atoms with E-state index in [4.69, 9.17) is 16.3 Å². The average molecular weight is 363 g/mol. The van der Waals surface area contributed by atoms with Crippen molar-refractivity contribution >= 4 is 17.6 Å². The van der Waals surface area contributed by atoms with Gasteiger partial charge >= 0.3 is 12.1 Å². The zero-order valence-electron chi connectivity index (χ0n) is 13.7. The van der Waals surface area contributed by atoms with Gasteiger partial charge in [0.1, 0.15) is 5.38 Å². The van der Waals surface area contributed by atoms with E-state index in [9.17, 15) is 18.0 Å². The molecule has 0 heterocycles. The van der Waals surface area contributed by atoms with Crippen LogP contribution < -0.4 is 0 Å². The summed E-state index contributed by atoms with van der Waals surface area (Å²) in [6.45, 7) is 1.85. The molecule has 2 nitrogen and oxygen atoms in total. The van der Waals surface area contributed by atoms with Crippen molar-refractivity contribution in [1.82, 2.24) is 0 Å². The summed E-state index contributed by atoms with van der Waals surface area (Å²) in [5.74, 6) is -0.648. The van der Waals surface area contributed by atoms with Crippen LogP contribution in [0.2, 0.25) is 0 Å². The smallest absolute Gasteiger partial charge is 0.416 e. The zero-order valence-corrected chi connectivity index (χ0v) is 14.4. The first-order chi connectivity index (χ1) is 11.3. The third-order valence-electron chi connectivity index (χ3n) is 4.43. The van der Waals surface area contributed by atoms with Gasteiger partial charge in [0.25, 0.3) is 0 Å². The highest BCUT2D eigenvalue weighted by Gasteiger charge is 2.36. The molecular formula is C18H22ClF3O2. The Bertz CT molecular complexity index is 566. The van der Waals surface area contributed by atoms with Gasteiger partial charge in [0.2, 0.25) is 0 Å². The molecule has 1 aromatic rings. The van der Waals surface area contributed by atoms with Gasteiger partial charge < -0.3 is 4.74 Å². The van der Waals surface area contributed by atoms with E-state index in [-0.39, 0.29) is 18.9 Å². The molecular weight excluding hydrogens is 341 g/mol. The highest BCUT2D eigenvalue weighted by Crippen LogP contribution is 2.41. The molecule has 1 saturated carbocycles. The molecule has 1 aromatic carbocycles. The number of benzene rings is 1. The molecule has 0 radical (unpaired) electrons. The lowest BCUT2D eigenvalue weighted by Gasteiger charge is -2.25. The molecule has 0 N–H and O–H groups in total. The van der Waals surface area contributed by atoms with Gasteiger partial charge in [-0.3, -0.25) is 4.79 Å². The number of halogens is 4. The summed E-state index contributed by atoms with van der Waals surface area (Å²) in [5, 5.41) is -0.980. The van der Waals surface area contributed by atoms with Crippen LogP contribution in [0.3, 0.4) is 0 Å². The average Bonchev–Trinajstić information content (AvgIpc) is 2.55. The topological polar surface area (TPSA) is 26.3 Å². The predicted octanol–water partition coefficient (Wildman–Crippen LogP) is 5.47. The maximum Gasteiger partial charge on any atom is 0.416 e. The van der Waals surface area contributed by atoms with Crippen LogP contribution in [0.1, 0.15) is 61.6 Å². The fourth-order valence-electron chi connectivity index (χ4n) is 3.27. The summed E-state index contributed by atoms with van der Waals surface area (Å²) in [4.78, 5) is 11.6. The zero-order chi connectivity index (χ0) is 17.7. The predicted molar refractivity (Wildman–Crippen MR) is 87.2 cm³/mol. The van der Waals surface area contributed by atoms with E-state index in [1.807, 2.05) is 0 Å².